The monoisotopic (exact) mass is 480 g/mol. The fourth-order valence-corrected chi connectivity index (χ4v) is 6.33. The Morgan fingerprint density at radius 2 is 2.00 bits per heavy atom. The van der Waals surface area contributed by atoms with Crippen LogP contribution >= 0.6 is 23.1 Å². The minimum atomic E-state index is -3.25. The number of carbonyl (C=O) groups excluding carboxylic acids is 1. The van der Waals surface area contributed by atoms with Crippen LogP contribution in [0.25, 0.3) is 11.0 Å². The molecule has 1 aromatic carbocycles. The first-order chi connectivity index (χ1) is 14.7. The summed E-state index contributed by atoms with van der Waals surface area (Å²) in [6, 6.07) is 7.55. The van der Waals surface area contributed by atoms with Crippen LogP contribution in [0.4, 0.5) is 0 Å². The van der Waals surface area contributed by atoms with Gasteiger partial charge < -0.3 is 9.32 Å². The zero-order valence-corrected chi connectivity index (χ0v) is 20.0. The van der Waals surface area contributed by atoms with E-state index in [-0.39, 0.29) is 11.9 Å². The van der Waals surface area contributed by atoms with Crippen LogP contribution < -0.4 is 0 Å². The van der Waals surface area contributed by atoms with Crippen molar-refractivity contribution in [2.75, 3.05) is 26.4 Å². The van der Waals surface area contributed by atoms with Crippen molar-refractivity contribution in [3.8, 4) is 0 Å². The standard InChI is InChI=1S/C20H24N4O4S3/c1-13-21-22-20(30-13)29-12-16-15-6-4-5-7-17(15)28-18(16)19(25)24-10-8-14(9-11-24)23(2)31(3,26)27/h4-7,14H,8-12H2,1-3H3. The smallest absolute Gasteiger partial charge is 0.289 e. The Balaban J connectivity index is 1.54. The number of fused-ring (bicyclic) bond motifs is 1. The van der Waals surface area contributed by atoms with Gasteiger partial charge in [-0.3, -0.25) is 4.79 Å². The number of rotatable bonds is 6. The number of hydrogen-bond donors (Lipinski definition) is 0. The Labute approximate surface area is 189 Å². The molecule has 1 fully saturated rings. The third kappa shape index (κ3) is 4.79. The molecule has 0 atom stereocenters. The molecule has 166 valence electrons. The van der Waals surface area contributed by atoms with Gasteiger partial charge in [0.2, 0.25) is 10.0 Å². The summed E-state index contributed by atoms with van der Waals surface area (Å²) in [7, 11) is -1.65. The van der Waals surface area contributed by atoms with Crippen molar-refractivity contribution in [1.29, 1.82) is 0 Å². The molecule has 2 aromatic heterocycles. The molecule has 1 aliphatic heterocycles. The molecular weight excluding hydrogens is 456 g/mol. The summed E-state index contributed by atoms with van der Waals surface area (Å²) in [4.78, 5) is 15.1. The highest BCUT2D eigenvalue weighted by Gasteiger charge is 2.32. The SMILES string of the molecule is Cc1nnc(SCc2c(C(=O)N3CCC(N(C)S(C)(=O)=O)CC3)oc3ccccc23)s1. The highest BCUT2D eigenvalue weighted by Crippen LogP contribution is 2.34. The Morgan fingerprint density at radius 3 is 2.65 bits per heavy atom. The number of para-hydroxylation sites is 1. The van der Waals surface area contributed by atoms with E-state index in [1.165, 1.54) is 33.7 Å². The van der Waals surface area contributed by atoms with Gasteiger partial charge in [0.25, 0.3) is 5.91 Å². The number of likely N-dealkylation sites (tertiary alicyclic amines) is 1. The topological polar surface area (TPSA) is 96.6 Å². The van der Waals surface area contributed by atoms with Crippen LogP contribution in [-0.2, 0) is 15.8 Å². The molecule has 8 nitrogen and oxygen atoms in total. The lowest BCUT2D eigenvalue weighted by molar-refractivity contribution is 0.0655. The average molecular weight is 481 g/mol. The van der Waals surface area contributed by atoms with Crippen molar-refractivity contribution in [3.63, 3.8) is 0 Å². The molecule has 1 amide bonds. The second-order valence-electron chi connectivity index (χ2n) is 7.58. The molecule has 1 aliphatic rings. The fraction of sp³-hybridized carbons (Fsp3) is 0.450. The molecule has 0 aliphatic carbocycles. The first-order valence-electron chi connectivity index (χ1n) is 9.89. The summed E-state index contributed by atoms with van der Waals surface area (Å²) in [6.45, 7) is 2.89. The predicted octanol–water partition coefficient (Wildman–Crippen LogP) is 3.38. The Bertz CT molecular complexity index is 1200. The van der Waals surface area contributed by atoms with Gasteiger partial charge in [0.05, 0.1) is 6.26 Å². The number of carbonyl (C=O) groups is 1. The maximum Gasteiger partial charge on any atom is 0.289 e. The van der Waals surface area contributed by atoms with Crippen LogP contribution in [0.2, 0.25) is 0 Å². The maximum absolute atomic E-state index is 13.3. The van der Waals surface area contributed by atoms with E-state index in [2.05, 4.69) is 10.2 Å². The lowest BCUT2D eigenvalue weighted by atomic mass is 10.0. The number of piperidine rings is 1. The van der Waals surface area contributed by atoms with Gasteiger partial charge in [0, 0.05) is 42.9 Å². The number of thioether (sulfide) groups is 1. The van der Waals surface area contributed by atoms with Gasteiger partial charge in [-0.1, -0.05) is 41.3 Å². The molecule has 0 bridgehead atoms. The number of aromatic nitrogens is 2. The molecule has 4 rings (SSSR count). The summed E-state index contributed by atoms with van der Waals surface area (Å²) < 4.78 is 31.9. The fourth-order valence-electron chi connectivity index (χ4n) is 3.73. The normalized spacial score (nSPS) is 15.8. The zero-order valence-electron chi connectivity index (χ0n) is 17.6. The molecule has 1 saturated heterocycles. The highest BCUT2D eigenvalue weighted by atomic mass is 32.2. The molecule has 0 spiro atoms. The minimum Gasteiger partial charge on any atom is -0.451 e. The quantitative estimate of drug-likeness (QED) is 0.499. The number of hydrogen-bond acceptors (Lipinski definition) is 8. The van der Waals surface area contributed by atoms with Gasteiger partial charge in [-0.25, -0.2) is 12.7 Å². The van der Waals surface area contributed by atoms with E-state index in [1.54, 1.807) is 11.9 Å². The second kappa shape index (κ2) is 8.89. The van der Waals surface area contributed by atoms with Crippen LogP contribution in [-0.4, -0.2) is 66.2 Å². The molecular formula is C20H24N4O4S3. The highest BCUT2D eigenvalue weighted by molar-refractivity contribution is 8.00. The summed E-state index contributed by atoms with van der Waals surface area (Å²) in [5.74, 6) is 0.755. The van der Waals surface area contributed by atoms with Gasteiger partial charge in [-0.05, 0) is 25.8 Å². The molecule has 0 unspecified atom stereocenters. The third-order valence-corrected chi connectivity index (χ3v) is 8.87. The van der Waals surface area contributed by atoms with Gasteiger partial charge >= 0.3 is 0 Å². The minimum absolute atomic E-state index is 0.0922. The third-order valence-electron chi connectivity index (χ3n) is 5.53. The van der Waals surface area contributed by atoms with Crippen LogP contribution in [0.1, 0.15) is 34.0 Å². The van der Waals surface area contributed by atoms with Crippen molar-refractivity contribution < 1.29 is 17.6 Å². The molecule has 11 heteroatoms. The summed E-state index contributed by atoms with van der Waals surface area (Å²) in [5, 5.41) is 10.0. The van der Waals surface area contributed by atoms with Crippen LogP contribution in [0.3, 0.4) is 0 Å². The molecule has 31 heavy (non-hydrogen) atoms. The van der Waals surface area contributed by atoms with E-state index in [9.17, 15) is 13.2 Å². The summed E-state index contributed by atoms with van der Waals surface area (Å²) in [5.41, 5.74) is 1.54. The van der Waals surface area contributed by atoms with E-state index >= 15 is 0 Å². The average Bonchev–Trinajstić information content (AvgIpc) is 3.33. The number of amides is 1. The van der Waals surface area contributed by atoms with E-state index in [4.69, 9.17) is 4.42 Å². The first-order valence-corrected chi connectivity index (χ1v) is 13.5. The number of nitrogens with zero attached hydrogens (tertiary/aromatic N) is 4. The zero-order chi connectivity index (χ0) is 22.2. The van der Waals surface area contributed by atoms with Crippen LogP contribution in [0.15, 0.2) is 33.0 Å². The van der Waals surface area contributed by atoms with Gasteiger partial charge in [-0.2, -0.15) is 0 Å². The van der Waals surface area contributed by atoms with Crippen molar-refractivity contribution in [3.05, 3.63) is 40.6 Å². The molecule has 0 saturated carbocycles. The lowest BCUT2D eigenvalue weighted by Gasteiger charge is -2.35. The molecule has 0 radical (unpaired) electrons. The first kappa shape index (κ1) is 22.3. The van der Waals surface area contributed by atoms with E-state index in [0.717, 1.165) is 20.3 Å². The number of aryl methyl sites for hydroxylation is 1. The van der Waals surface area contributed by atoms with Crippen LogP contribution in [0.5, 0.6) is 0 Å². The van der Waals surface area contributed by atoms with Gasteiger partial charge in [0.1, 0.15) is 10.6 Å². The van der Waals surface area contributed by atoms with Gasteiger partial charge in [-0.15, -0.1) is 10.2 Å². The van der Waals surface area contributed by atoms with E-state index < -0.39 is 10.0 Å². The van der Waals surface area contributed by atoms with Crippen LogP contribution in [0, 0.1) is 6.92 Å². The number of benzene rings is 1. The predicted molar refractivity (Wildman–Crippen MR) is 122 cm³/mol. The second-order valence-corrected chi connectivity index (χ2v) is 12.0. The molecule has 0 N–H and O–H groups in total. The largest absolute Gasteiger partial charge is 0.451 e. The van der Waals surface area contributed by atoms with Crippen molar-refractivity contribution in [2.45, 2.75) is 35.9 Å². The molecule has 3 aromatic rings. The maximum atomic E-state index is 13.3. The lowest BCUT2D eigenvalue weighted by Crippen LogP contribution is -2.47. The molecule has 3 heterocycles. The van der Waals surface area contributed by atoms with Crippen molar-refractivity contribution >= 4 is 50.0 Å². The Hall–Kier alpha value is -1.95. The summed E-state index contributed by atoms with van der Waals surface area (Å²) >= 11 is 3.06. The number of furan rings is 1. The summed E-state index contributed by atoms with van der Waals surface area (Å²) in [6.07, 6.45) is 2.41. The van der Waals surface area contributed by atoms with Crippen molar-refractivity contribution in [2.24, 2.45) is 0 Å². The Kier molecular flexibility index (Phi) is 6.38. The van der Waals surface area contributed by atoms with Crippen molar-refractivity contribution in [1.82, 2.24) is 19.4 Å². The van der Waals surface area contributed by atoms with E-state index in [0.29, 0.717) is 43.0 Å². The Morgan fingerprint density at radius 1 is 1.29 bits per heavy atom. The van der Waals surface area contributed by atoms with Gasteiger partial charge in [0.15, 0.2) is 10.1 Å². The van der Waals surface area contributed by atoms with E-state index in [1.807, 2.05) is 31.2 Å². The number of sulfonamides is 1.